The van der Waals surface area contributed by atoms with Gasteiger partial charge in [0.15, 0.2) is 0 Å². The molecular weight excluding hydrogens is 152 g/mol. The highest BCUT2D eigenvalue weighted by molar-refractivity contribution is 5.12. The fraction of sp³-hybridized carbons (Fsp3) is 0.556. The summed E-state index contributed by atoms with van der Waals surface area (Å²) in [4.78, 5) is 8.62. The third-order valence-electron chi connectivity index (χ3n) is 2.18. The Kier molecular flexibility index (Phi) is 1.61. The normalized spacial score (nSPS) is 20.2. The predicted molar refractivity (Wildman–Crippen MR) is 44.9 cm³/mol. The van der Waals surface area contributed by atoms with Crippen molar-refractivity contribution in [2.45, 2.75) is 19.3 Å². The van der Waals surface area contributed by atoms with Gasteiger partial charge < -0.3 is 4.74 Å². The quantitative estimate of drug-likeness (QED) is 0.622. The third kappa shape index (κ3) is 1.10. The molecule has 1 aromatic heterocycles. The molecule has 0 aromatic carbocycles. The summed E-state index contributed by atoms with van der Waals surface area (Å²) >= 11 is 0. The molecule has 0 N–H and O–H groups in total. The van der Waals surface area contributed by atoms with E-state index in [-0.39, 0.29) is 5.41 Å². The molecule has 0 spiro atoms. The van der Waals surface area contributed by atoms with Gasteiger partial charge in [-0.1, -0.05) is 0 Å². The van der Waals surface area contributed by atoms with Crippen molar-refractivity contribution in [1.29, 1.82) is 0 Å². The van der Waals surface area contributed by atoms with E-state index in [4.69, 9.17) is 4.74 Å². The summed E-state index contributed by atoms with van der Waals surface area (Å²) in [5.74, 6) is 0.911. The number of rotatable bonds is 1. The smallest absolute Gasteiger partial charge is 0.139 e. The van der Waals surface area contributed by atoms with Crippen LogP contribution < -0.4 is 0 Å². The van der Waals surface area contributed by atoms with E-state index in [9.17, 15) is 0 Å². The summed E-state index contributed by atoms with van der Waals surface area (Å²) in [6.07, 6.45) is 1.81. The molecule has 1 aromatic rings. The van der Waals surface area contributed by atoms with Crippen molar-refractivity contribution in [1.82, 2.24) is 9.97 Å². The van der Waals surface area contributed by atoms with Crippen molar-refractivity contribution in [2.24, 2.45) is 0 Å². The van der Waals surface area contributed by atoms with Crippen LogP contribution in [0.2, 0.25) is 0 Å². The first-order valence-electron chi connectivity index (χ1n) is 4.09. The average Bonchev–Trinajstić information content (AvgIpc) is 2.00. The van der Waals surface area contributed by atoms with Crippen molar-refractivity contribution < 1.29 is 4.74 Å². The lowest BCUT2D eigenvalue weighted by atomic mass is 9.87. The Bertz CT molecular complexity index is 294. The van der Waals surface area contributed by atoms with Crippen LogP contribution in [0.4, 0.5) is 0 Å². The predicted octanol–water partition coefficient (Wildman–Crippen LogP) is 1.07. The molecule has 1 fully saturated rings. The zero-order chi connectivity index (χ0) is 8.60. The van der Waals surface area contributed by atoms with Crippen LogP contribution in [0.1, 0.15) is 18.4 Å². The van der Waals surface area contributed by atoms with Gasteiger partial charge in [-0.2, -0.15) is 0 Å². The van der Waals surface area contributed by atoms with E-state index in [0.29, 0.717) is 0 Å². The molecule has 1 aliphatic rings. The second-order valence-electron chi connectivity index (χ2n) is 3.58. The molecule has 0 aliphatic carbocycles. The van der Waals surface area contributed by atoms with Crippen LogP contribution in [-0.2, 0) is 10.2 Å². The molecule has 2 heterocycles. The molecule has 0 saturated carbocycles. The lowest BCUT2D eigenvalue weighted by Gasteiger charge is -2.36. The van der Waals surface area contributed by atoms with Crippen LogP contribution in [0.3, 0.4) is 0 Å². The van der Waals surface area contributed by atoms with Crippen molar-refractivity contribution in [3.8, 4) is 0 Å². The van der Waals surface area contributed by atoms with Gasteiger partial charge in [0.05, 0.1) is 18.6 Å². The summed E-state index contributed by atoms with van der Waals surface area (Å²) in [5.41, 5.74) is 1.08. The fourth-order valence-electron chi connectivity index (χ4n) is 1.28. The molecule has 1 aliphatic heterocycles. The van der Waals surface area contributed by atoms with Crippen molar-refractivity contribution in [3.05, 3.63) is 23.8 Å². The lowest BCUT2D eigenvalue weighted by Crippen LogP contribution is -2.45. The van der Waals surface area contributed by atoms with E-state index < -0.39 is 0 Å². The monoisotopic (exact) mass is 164 g/mol. The largest absolute Gasteiger partial charge is 0.379 e. The molecule has 0 amide bonds. The summed E-state index contributed by atoms with van der Waals surface area (Å²) in [5, 5.41) is 0. The topological polar surface area (TPSA) is 35.0 Å². The van der Waals surface area contributed by atoms with Gasteiger partial charge in [-0.3, -0.25) is 0 Å². The molecule has 0 atom stereocenters. The number of ether oxygens (including phenoxy) is 1. The number of hydrogen-bond acceptors (Lipinski definition) is 3. The second-order valence-corrected chi connectivity index (χ2v) is 3.58. The highest BCUT2D eigenvalue weighted by atomic mass is 16.5. The summed E-state index contributed by atoms with van der Waals surface area (Å²) < 4.78 is 5.15. The molecule has 3 nitrogen and oxygen atoms in total. The Morgan fingerprint density at radius 1 is 1.50 bits per heavy atom. The van der Waals surface area contributed by atoms with Gasteiger partial charge in [-0.05, 0) is 19.9 Å². The zero-order valence-corrected chi connectivity index (χ0v) is 7.37. The van der Waals surface area contributed by atoms with Gasteiger partial charge in [0, 0.05) is 11.9 Å². The molecule has 2 rings (SSSR count). The highest BCUT2D eigenvalue weighted by Gasteiger charge is 2.37. The van der Waals surface area contributed by atoms with E-state index in [1.807, 2.05) is 13.0 Å². The standard InChI is InChI=1S/C9H12N2O/c1-7-3-4-10-8(11-7)9(2)5-12-6-9/h3-4H,5-6H2,1-2H3. The van der Waals surface area contributed by atoms with Gasteiger partial charge in [-0.15, -0.1) is 0 Å². The molecule has 64 valence electrons. The van der Waals surface area contributed by atoms with Crippen LogP contribution in [0.5, 0.6) is 0 Å². The maximum atomic E-state index is 5.15. The van der Waals surface area contributed by atoms with Gasteiger partial charge >= 0.3 is 0 Å². The molecular formula is C9H12N2O. The summed E-state index contributed by atoms with van der Waals surface area (Å²) in [6, 6.07) is 1.91. The number of aryl methyl sites for hydroxylation is 1. The lowest BCUT2D eigenvalue weighted by molar-refractivity contribution is -0.0544. The van der Waals surface area contributed by atoms with Crippen LogP contribution in [0.25, 0.3) is 0 Å². The number of hydrogen-bond donors (Lipinski definition) is 0. The Hall–Kier alpha value is -0.960. The maximum Gasteiger partial charge on any atom is 0.139 e. The first-order valence-corrected chi connectivity index (χ1v) is 4.09. The van der Waals surface area contributed by atoms with E-state index in [1.54, 1.807) is 6.20 Å². The summed E-state index contributed by atoms with van der Waals surface area (Å²) in [6.45, 7) is 5.60. The van der Waals surface area contributed by atoms with Crippen LogP contribution in [-0.4, -0.2) is 23.2 Å². The Labute approximate surface area is 71.8 Å². The Morgan fingerprint density at radius 3 is 2.75 bits per heavy atom. The first-order chi connectivity index (χ1) is 5.71. The zero-order valence-electron chi connectivity index (χ0n) is 7.37. The van der Waals surface area contributed by atoms with Crippen LogP contribution in [0, 0.1) is 6.92 Å². The number of nitrogens with zero attached hydrogens (tertiary/aromatic N) is 2. The minimum Gasteiger partial charge on any atom is -0.379 e. The highest BCUT2D eigenvalue weighted by Crippen LogP contribution is 2.28. The third-order valence-corrected chi connectivity index (χ3v) is 2.18. The molecule has 1 saturated heterocycles. The molecule has 0 unspecified atom stereocenters. The van der Waals surface area contributed by atoms with Crippen molar-refractivity contribution >= 4 is 0 Å². The first kappa shape index (κ1) is 7.68. The fourth-order valence-corrected chi connectivity index (χ4v) is 1.28. The van der Waals surface area contributed by atoms with E-state index in [0.717, 1.165) is 24.7 Å². The van der Waals surface area contributed by atoms with Crippen molar-refractivity contribution in [3.63, 3.8) is 0 Å². The molecule has 3 heteroatoms. The molecule has 0 bridgehead atoms. The van der Waals surface area contributed by atoms with E-state index >= 15 is 0 Å². The average molecular weight is 164 g/mol. The minimum atomic E-state index is 0.0615. The van der Waals surface area contributed by atoms with Gasteiger partial charge in [-0.25, -0.2) is 9.97 Å². The van der Waals surface area contributed by atoms with Crippen molar-refractivity contribution in [2.75, 3.05) is 13.2 Å². The number of aromatic nitrogens is 2. The van der Waals surface area contributed by atoms with E-state index in [1.165, 1.54) is 0 Å². The SMILES string of the molecule is Cc1ccnc(C2(C)COC2)n1. The van der Waals surface area contributed by atoms with Gasteiger partial charge in [0.2, 0.25) is 0 Å². The van der Waals surface area contributed by atoms with Gasteiger partial charge in [0.1, 0.15) is 5.82 Å². The minimum absolute atomic E-state index is 0.0615. The molecule has 12 heavy (non-hydrogen) atoms. The Morgan fingerprint density at radius 2 is 2.25 bits per heavy atom. The summed E-state index contributed by atoms with van der Waals surface area (Å²) in [7, 11) is 0. The van der Waals surface area contributed by atoms with Crippen LogP contribution >= 0.6 is 0 Å². The Balaban J connectivity index is 2.33. The van der Waals surface area contributed by atoms with E-state index in [2.05, 4.69) is 16.9 Å². The van der Waals surface area contributed by atoms with Gasteiger partial charge in [0.25, 0.3) is 0 Å². The van der Waals surface area contributed by atoms with Crippen LogP contribution in [0.15, 0.2) is 12.3 Å². The second kappa shape index (κ2) is 2.52. The molecule has 0 radical (unpaired) electrons. The maximum absolute atomic E-state index is 5.15.